The van der Waals surface area contributed by atoms with E-state index in [1.165, 1.54) is 0 Å². The van der Waals surface area contributed by atoms with Gasteiger partial charge in [-0.2, -0.15) is 0 Å². The van der Waals surface area contributed by atoms with Crippen LogP contribution in [0.5, 0.6) is 0 Å². The van der Waals surface area contributed by atoms with Gasteiger partial charge in [-0.1, -0.05) is 30.3 Å². The molecule has 1 aliphatic rings. The lowest BCUT2D eigenvalue weighted by atomic mass is 10.0. The molecule has 2 rings (SSSR count). The molecule has 0 bridgehead atoms. The van der Waals surface area contributed by atoms with E-state index in [4.69, 9.17) is 9.47 Å². The van der Waals surface area contributed by atoms with E-state index in [-0.39, 0.29) is 24.6 Å². The van der Waals surface area contributed by atoms with Crippen LogP contribution in [0.4, 0.5) is 4.79 Å². The number of amides is 1. The van der Waals surface area contributed by atoms with Crippen LogP contribution >= 0.6 is 0 Å². The van der Waals surface area contributed by atoms with Crippen LogP contribution < -0.4 is 0 Å². The Balaban J connectivity index is 1.80. The number of carbonyl (C=O) groups excluding carboxylic acids is 2. The zero-order valence-corrected chi connectivity index (χ0v) is 13.0. The Morgan fingerprint density at radius 2 is 1.91 bits per heavy atom. The van der Waals surface area contributed by atoms with E-state index >= 15 is 0 Å². The Morgan fingerprint density at radius 3 is 2.64 bits per heavy atom. The molecule has 1 atom stereocenters. The summed E-state index contributed by atoms with van der Waals surface area (Å²) in [6, 6.07) is 9.60. The van der Waals surface area contributed by atoms with Crippen molar-refractivity contribution < 1.29 is 19.1 Å². The highest BCUT2D eigenvalue weighted by Crippen LogP contribution is 2.19. The molecule has 1 heterocycles. The van der Waals surface area contributed by atoms with Crippen LogP contribution in [0.25, 0.3) is 0 Å². The molecule has 1 aromatic carbocycles. The van der Waals surface area contributed by atoms with Crippen molar-refractivity contribution in [2.75, 3.05) is 19.7 Å². The van der Waals surface area contributed by atoms with Crippen molar-refractivity contribution in [3.63, 3.8) is 0 Å². The van der Waals surface area contributed by atoms with Gasteiger partial charge in [0.1, 0.15) is 6.61 Å². The zero-order valence-electron chi connectivity index (χ0n) is 13.0. The second-order valence-electron chi connectivity index (χ2n) is 5.41. The molecule has 120 valence electrons. The highest BCUT2D eigenvalue weighted by atomic mass is 16.6. The van der Waals surface area contributed by atoms with E-state index < -0.39 is 0 Å². The molecule has 1 amide bonds. The van der Waals surface area contributed by atoms with Crippen LogP contribution in [-0.4, -0.2) is 36.7 Å². The summed E-state index contributed by atoms with van der Waals surface area (Å²) >= 11 is 0. The first kappa shape index (κ1) is 16.3. The highest BCUT2D eigenvalue weighted by Gasteiger charge is 2.26. The predicted octanol–water partition coefficient (Wildman–Crippen LogP) is 2.99. The molecule has 0 aromatic heterocycles. The third kappa shape index (κ3) is 4.76. The Labute approximate surface area is 131 Å². The standard InChI is InChI=1S/C17H23NO4/c1-2-21-16(19)15-9-6-11-18(12-10-15)17(20)22-13-14-7-4-3-5-8-14/h3-5,7-8,15H,2,6,9-13H2,1H3. The largest absolute Gasteiger partial charge is 0.466 e. The molecule has 0 aliphatic carbocycles. The molecule has 0 saturated carbocycles. The lowest BCUT2D eigenvalue weighted by Gasteiger charge is -2.20. The molecular formula is C17H23NO4. The lowest BCUT2D eigenvalue weighted by Crippen LogP contribution is -2.32. The molecule has 1 unspecified atom stereocenters. The van der Waals surface area contributed by atoms with Crippen molar-refractivity contribution in [3.8, 4) is 0 Å². The Morgan fingerprint density at radius 1 is 1.14 bits per heavy atom. The van der Waals surface area contributed by atoms with Crippen LogP contribution in [0.15, 0.2) is 30.3 Å². The molecule has 5 nitrogen and oxygen atoms in total. The van der Waals surface area contributed by atoms with Crippen molar-refractivity contribution in [1.82, 2.24) is 4.90 Å². The molecule has 5 heteroatoms. The molecule has 0 radical (unpaired) electrons. The van der Waals surface area contributed by atoms with E-state index in [2.05, 4.69) is 0 Å². The highest BCUT2D eigenvalue weighted by molar-refractivity contribution is 5.73. The number of hydrogen-bond donors (Lipinski definition) is 0. The van der Waals surface area contributed by atoms with E-state index in [0.717, 1.165) is 18.4 Å². The van der Waals surface area contributed by atoms with Gasteiger partial charge in [-0.25, -0.2) is 4.79 Å². The third-order valence-electron chi connectivity index (χ3n) is 3.81. The molecule has 1 aromatic rings. The number of benzene rings is 1. The first-order chi connectivity index (χ1) is 10.7. The summed E-state index contributed by atoms with van der Waals surface area (Å²) in [5.41, 5.74) is 0.968. The molecule has 1 fully saturated rings. The fourth-order valence-corrected chi connectivity index (χ4v) is 2.59. The third-order valence-corrected chi connectivity index (χ3v) is 3.81. The quantitative estimate of drug-likeness (QED) is 0.802. The fraction of sp³-hybridized carbons (Fsp3) is 0.529. The van der Waals surface area contributed by atoms with Crippen molar-refractivity contribution in [2.24, 2.45) is 5.92 Å². The van der Waals surface area contributed by atoms with E-state index in [1.807, 2.05) is 37.3 Å². The van der Waals surface area contributed by atoms with Crippen LogP contribution in [0.2, 0.25) is 0 Å². The second-order valence-corrected chi connectivity index (χ2v) is 5.41. The summed E-state index contributed by atoms with van der Waals surface area (Å²) in [6.07, 6.45) is 1.89. The van der Waals surface area contributed by atoms with Crippen LogP contribution in [0.1, 0.15) is 31.7 Å². The number of nitrogens with zero attached hydrogens (tertiary/aromatic N) is 1. The maximum atomic E-state index is 12.1. The summed E-state index contributed by atoms with van der Waals surface area (Å²) in [5.74, 6) is -0.256. The number of rotatable bonds is 4. The Hall–Kier alpha value is -2.04. The molecule has 1 saturated heterocycles. The van der Waals surface area contributed by atoms with Crippen molar-refractivity contribution in [2.45, 2.75) is 32.8 Å². The molecule has 1 aliphatic heterocycles. The number of hydrogen-bond acceptors (Lipinski definition) is 4. The maximum Gasteiger partial charge on any atom is 0.410 e. The van der Waals surface area contributed by atoms with E-state index in [9.17, 15) is 9.59 Å². The van der Waals surface area contributed by atoms with Crippen LogP contribution in [0, 0.1) is 5.92 Å². The van der Waals surface area contributed by atoms with Gasteiger partial charge in [0.15, 0.2) is 0 Å². The monoisotopic (exact) mass is 305 g/mol. The number of esters is 1. The predicted molar refractivity (Wildman–Crippen MR) is 82.2 cm³/mol. The van der Waals surface area contributed by atoms with Gasteiger partial charge in [-0.3, -0.25) is 4.79 Å². The Kier molecular flexibility index (Phi) is 6.25. The average molecular weight is 305 g/mol. The van der Waals surface area contributed by atoms with Gasteiger partial charge in [-0.15, -0.1) is 0 Å². The second kappa shape index (κ2) is 8.41. The summed E-state index contributed by atoms with van der Waals surface area (Å²) in [5, 5.41) is 0. The SMILES string of the molecule is CCOC(=O)C1CCCN(C(=O)OCc2ccccc2)CC1. The van der Waals surface area contributed by atoms with Crippen molar-refractivity contribution in [1.29, 1.82) is 0 Å². The minimum absolute atomic E-state index is 0.105. The van der Waals surface area contributed by atoms with E-state index in [0.29, 0.717) is 26.1 Å². The van der Waals surface area contributed by atoms with Gasteiger partial charge in [0.05, 0.1) is 12.5 Å². The summed E-state index contributed by atoms with van der Waals surface area (Å²) in [4.78, 5) is 25.6. The van der Waals surface area contributed by atoms with Gasteiger partial charge >= 0.3 is 12.1 Å². The molecule has 0 N–H and O–H groups in total. The van der Waals surface area contributed by atoms with E-state index in [1.54, 1.807) is 4.90 Å². The zero-order chi connectivity index (χ0) is 15.8. The summed E-state index contributed by atoms with van der Waals surface area (Å²) < 4.78 is 10.4. The first-order valence-electron chi connectivity index (χ1n) is 7.83. The van der Waals surface area contributed by atoms with Gasteiger partial charge in [0.25, 0.3) is 0 Å². The minimum atomic E-state index is -0.312. The molecular weight excluding hydrogens is 282 g/mol. The normalized spacial score (nSPS) is 18.4. The Bertz CT molecular complexity index is 489. The smallest absolute Gasteiger partial charge is 0.410 e. The molecule has 0 spiro atoms. The van der Waals surface area contributed by atoms with Crippen LogP contribution in [-0.2, 0) is 20.9 Å². The maximum absolute atomic E-state index is 12.1. The van der Waals surface area contributed by atoms with Gasteiger partial charge in [0.2, 0.25) is 0 Å². The van der Waals surface area contributed by atoms with Gasteiger partial charge < -0.3 is 14.4 Å². The number of likely N-dealkylation sites (tertiary alicyclic amines) is 1. The van der Waals surface area contributed by atoms with Gasteiger partial charge in [-0.05, 0) is 31.7 Å². The van der Waals surface area contributed by atoms with Gasteiger partial charge in [0, 0.05) is 13.1 Å². The molecule has 22 heavy (non-hydrogen) atoms. The lowest BCUT2D eigenvalue weighted by molar-refractivity contribution is -0.148. The fourth-order valence-electron chi connectivity index (χ4n) is 2.59. The van der Waals surface area contributed by atoms with Crippen molar-refractivity contribution >= 4 is 12.1 Å². The summed E-state index contributed by atoms with van der Waals surface area (Å²) in [6.45, 7) is 3.65. The van der Waals surface area contributed by atoms with Crippen LogP contribution in [0.3, 0.4) is 0 Å². The van der Waals surface area contributed by atoms with Crippen molar-refractivity contribution in [3.05, 3.63) is 35.9 Å². The number of carbonyl (C=O) groups is 2. The first-order valence-corrected chi connectivity index (χ1v) is 7.83. The average Bonchev–Trinajstić information content (AvgIpc) is 2.80. The minimum Gasteiger partial charge on any atom is -0.466 e. The number of ether oxygens (including phenoxy) is 2. The summed E-state index contributed by atoms with van der Waals surface area (Å²) in [7, 11) is 0. The topological polar surface area (TPSA) is 55.8 Å².